The van der Waals surface area contributed by atoms with Gasteiger partial charge in [-0.1, -0.05) is 9.89 Å². The van der Waals surface area contributed by atoms with Crippen LogP contribution in [0.5, 0.6) is 17.2 Å². The molecule has 0 radical (unpaired) electrons. The van der Waals surface area contributed by atoms with Gasteiger partial charge in [0.2, 0.25) is 0 Å². The Balaban J connectivity index is 2.40. The highest BCUT2D eigenvalue weighted by Crippen LogP contribution is 2.33. The van der Waals surface area contributed by atoms with Crippen LogP contribution in [-0.2, 0) is 0 Å². The van der Waals surface area contributed by atoms with E-state index in [1.807, 2.05) is 0 Å². The summed E-state index contributed by atoms with van der Waals surface area (Å²) in [4.78, 5) is 1.09. The van der Waals surface area contributed by atoms with Gasteiger partial charge in [-0.25, -0.2) is 0 Å². The van der Waals surface area contributed by atoms with Crippen LogP contribution in [0.1, 0.15) is 5.56 Å². The van der Waals surface area contributed by atoms with Crippen molar-refractivity contribution in [1.29, 1.82) is 0 Å². The molecular formula is C11H14N6O3. The number of nitrogens with two attached hydrogens (primary N) is 1. The highest BCUT2D eigenvalue weighted by Gasteiger charge is 2.10. The Bertz CT molecular complexity index is 625. The van der Waals surface area contributed by atoms with E-state index in [2.05, 4.69) is 20.6 Å². The van der Waals surface area contributed by atoms with Crippen molar-refractivity contribution in [2.75, 3.05) is 27.1 Å². The summed E-state index contributed by atoms with van der Waals surface area (Å²) in [5, 5.41) is 14.5. The lowest BCUT2D eigenvalue weighted by molar-refractivity contribution is 0.349. The summed E-state index contributed by atoms with van der Waals surface area (Å²) in [6.07, 6.45) is 1.51. The number of hydrogen-bond acceptors (Lipinski definition) is 8. The Morgan fingerprint density at radius 3 is 2.30 bits per heavy atom. The van der Waals surface area contributed by atoms with E-state index in [0.717, 1.165) is 4.79 Å². The molecule has 0 aliphatic carbocycles. The van der Waals surface area contributed by atoms with E-state index in [9.17, 15) is 0 Å². The molecule has 0 bridgehead atoms. The Hall–Kier alpha value is -2.84. The maximum atomic E-state index is 5.51. The minimum Gasteiger partial charge on any atom is -0.496 e. The van der Waals surface area contributed by atoms with Gasteiger partial charge < -0.3 is 19.9 Å². The molecular weight excluding hydrogens is 264 g/mol. The van der Waals surface area contributed by atoms with Gasteiger partial charge in [0.25, 0.3) is 5.95 Å². The third-order valence-electron chi connectivity index (χ3n) is 2.52. The number of tetrazole rings is 1. The molecule has 1 aromatic carbocycles. The molecule has 1 aromatic heterocycles. The van der Waals surface area contributed by atoms with E-state index >= 15 is 0 Å². The van der Waals surface area contributed by atoms with Crippen molar-refractivity contribution in [3.63, 3.8) is 0 Å². The van der Waals surface area contributed by atoms with Crippen LogP contribution in [0.2, 0.25) is 0 Å². The van der Waals surface area contributed by atoms with Crippen molar-refractivity contribution in [2.45, 2.75) is 0 Å². The largest absolute Gasteiger partial charge is 0.496 e. The SMILES string of the molecule is COc1cc(OC)c(OC)cc1C=Nn1nnnc1N. The summed E-state index contributed by atoms with van der Waals surface area (Å²) < 4.78 is 15.7. The van der Waals surface area contributed by atoms with Gasteiger partial charge in [0.15, 0.2) is 11.5 Å². The molecule has 0 atom stereocenters. The number of nitrogens with zero attached hydrogens (tertiary/aromatic N) is 5. The number of nitrogen functional groups attached to an aromatic ring is 1. The fraction of sp³-hybridized carbons (Fsp3) is 0.273. The van der Waals surface area contributed by atoms with Crippen molar-refractivity contribution < 1.29 is 14.2 Å². The quantitative estimate of drug-likeness (QED) is 0.776. The predicted octanol–water partition coefficient (Wildman–Crippen LogP) is 0.163. The van der Waals surface area contributed by atoms with Crippen molar-refractivity contribution >= 4 is 12.2 Å². The zero-order valence-electron chi connectivity index (χ0n) is 11.3. The third kappa shape index (κ3) is 2.60. The third-order valence-corrected chi connectivity index (χ3v) is 2.52. The molecule has 1 heterocycles. The van der Waals surface area contributed by atoms with E-state index in [0.29, 0.717) is 22.8 Å². The molecule has 9 nitrogen and oxygen atoms in total. The number of ether oxygens (including phenoxy) is 3. The molecule has 0 unspecified atom stereocenters. The maximum absolute atomic E-state index is 5.51. The van der Waals surface area contributed by atoms with Gasteiger partial charge in [-0.05, 0) is 16.5 Å². The zero-order chi connectivity index (χ0) is 14.5. The van der Waals surface area contributed by atoms with Crippen LogP contribution in [0.25, 0.3) is 0 Å². The molecule has 106 valence electrons. The van der Waals surface area contributed by atoms with Crippen molar-refractivity contribution in [3.8, 4) is 17.2 Å². The molecule has 0 saturated carbocycles. The van der Waals surface area contributed by atoms with Crippen LogP contribution < -0.4 is 19.9 Å². The van der Waals surface area contributed by atoms with E-state index in [4.69, 9.17) is 19.9 Å². The van der Waals surface area contributed by atoms with Crippen molar-refractivity contribution in [1.82, 2.24) is 20.3 Å². The average Bonchev–Trinajstić information content (AvgIpc) is 2.89. The van der Waals surface area contributed by atoms with Gasteiger partial charge in [0, 0.05) is 11.6 Å². The van der Waals surface area contributed by atoms with Gasteiger partial charge in [-0.15, -0.1) is 0 Å². The van der Waals surface area contributed by atoms with E-state index < -0.39 is 0 Å². The minimum absolute atomic E-state index is 0.0840. The number of aromatic nitrogens is 4. The second kappa shape index (κ2) is 5.87. The Morgan fingerprint density at radius 1 is 1.10 bits per heavy atom. The monoisotopic (exact) mass is 278 g/mol. The van der Waals surface area contributed by atoms with Crippen LogP contribution in [0.3, 0.4) is 0 Å². The topological polar surface area (TPSA) is 110 Å². The standard InChI is InChI=1S/C11H14N6O3/c1-18-8-5-10(20-3)9(19-2)4-7(8)6-13-17-11(12)14-15-16-17/h4-6H,1-3H3,(H2,12,14,16). The summed E-state index contributed by atoms with van der Waals surface area (Å²) in [7, 11) is 4.64. The van der Waals surface area contributed by atoms with Gasteiger partial charge in [0.1, 0.15) is 5.75 Å². The number of methoxy groups -OCH3 is 3. The summed E-state index contributed by atoms with van der Waals surface area (Å²) in [5.74, 6) is 1.77. The number of rotatable bonds is 5. The number of benzene rings is 1. The predicted molar refractivity (Wildman–Crippen MR) is 71.3 cm³/mol. The van der Waals surface area contributed by atoms with Gasteiger partial charge in [-0.2, -0.15) is 5.10 Å². The molecule has 2 N–H and O–H groups in total. The Morgan fingerprint density at radius 2 is 1.75 bits per heavy atom. The van der Waals surface area contributed by atoms with Gasteiger partial charge in [0.05, 0.1) is 27.5 Å². The second-order valence-electron chi connectivity index (χ2n) is 3.62. The summed E-state index contributed by atoms with van der Waals surface area (Å²) in [6.45, 7) is 0. The molecule has 0 aliphatic rings. The van der Waals surface area contributed by atoms with Crippen LogP contribution in [0, 0.1) is 0 Å². The first-order valence-electron chi connectivity index (χ1n) is 5.57. The smallest absolute Gasteiger partial charge is 0.263 e. The summed E-state index contributed by atoms with van der Waals surface area (Å²) in [6, 6.07) is 3.42. The first-order chi connectivity index (χ1) is 9.69. The van der Waals surface area contributed by atoms with Crippen molar-refractivity contribution in [3.05, 3.63) is 17.7 Å². The van der Waals surface area contributed by atoms with E-state index in [1.165, 1.54) is 6.21 Å². The highest BCUT2D eigenvalue weighted by atomic mass is 16.5. The molecule has 0 aliphatic heterocycles. The molecule has 2 aromatic rings. The molecule has 0 amide bonds. The summed E-state index contributed by atoms with van der Waals surface area (Å²) >= 11 is 0. The normalized spacial score (nSPS) is 10.8. The highest BCUT2D eigenvalue weighted by molar-refractivity contribution is 5.85. The molecule has 9 heteroatoms. The second-order valence-corrected chi connectivity index (χ2v) is 3.62. The fourth-order valence-corrected chi connectivity index (χ4v) is 1.54. The minimum atomic E-state index is 0.0840. The number of hydrogen-bond donors (Lipinski definition) is 1. The average molecular weight is 278 g/mol. The Labute approximate surface area is 114 Å². The molecule has 2 rings (SSSR count). The first kappa shape index (κ1) is 13.6. The molecule has 0 saturated heterocycles. The van der Waals surface area contributed by atoms with Crippen LogP contribution in [0.4, 0.5) is 5.95 Å². The van der Waals surface area contributed by atoms with Gasteiger partial charge in [-0.3, -0.25) is 0 Å². The zero-order valence-corrected chi connectivity index (χ0v) is 11.3. The van der Waals surface area contributed by atoms with E-state index in [-0.39, 0.29) is 5.95 Å². The fourth-order valence-electron chi connectivity index (χ4n) is 1.54. The maximum Gasteiger partial charge on any atom is 0.263 e. The van der Waals surface area contributed by atoms with Crippen LogP contribution in [-0.4, -0.2) is 47.9 Å². The molecule has 0 spiro atoms. The van der Waals surface area contributed by atoms with Crippen LogP contribution >= 0.6 is 0 Å². The Kier molecular flexibility index (Phi) is 3.99. The lowest BCUT2D eigenvalue weighted by Gasteiger charge is -2.11. The summed E-state index contributed by atoms with van der Waals surface area (Å²) in [5.41, 5.74) is 6.18. The van der Waals surface area contributed by atoms with E-state index in [1.54, 1.807) is 33.5 Å². The van der Waals surface area contributed by atoms with Crippen molar-refractivity contribution in [2.24, 2.45) is 5.10 Å². The first-order valence-corrected chi connectivity index (χ1v) is 5.57. The molecule has 0 fully saturated rings. The number of anilines is 1. The molecule has 20 heavy (non-hydrogen) atoms. The van der Waals surface area contributed by atoms with Crippen LogP contribution in [0.15, 0.2) is 17.2 Å². The van der Waals surface area contributed by atoms with Gasteiger partial charge >= 0.3 is 0 Å². The lowest BCUT2D eigenvalue weighted by Crippen LogP contribution is -2.01. The lowest BCUT2D eigenvalue weighted by atomic mass is 10.2.